The van der Waals surface area contributed by atoms with Crippen LogP contribution in [-0.4, -0.2) is 16.8 Å². The van der Waals surface area contributed by atoms with Gasteiger partial charge in [0.15, 0.2) is 0 Å². The van der Waals surface area contributed by atoms with E-state index < -0.39 is 0 Å². The molecule has 0 aromatic heterocycles. The van der Waals surface area contributed by atoms with E-state index in [0.29, 0.717) is 16.8 Å². The summed E-state index contributed by atoms with van der Waals surface area (Å²) in [6, 6.07) is 10.8. The molecule has 1 N–H and O–H groups in total. The Morgan fingerprint density at radius 3 is 2.47 bits per heavy atom. The molecule has 2 aliphatic carbocycles. The third kappa shape index (κ3) is 3.19. The summed E-state index contributed by atoms with van der Waals surface area (Å²) in [7, 11) is 0. The van der Waals surface area contributed by atoms with Gasteiger partial charge in [-0.25, -0.2) is 0 Å². The van der Waals surface area contributed by atoms with Crippen LogP contribution in [0.25, 0.3) is 0 Å². The molecule has 3 heteroatoms. The first kappa shape index (κ1) is 13.2. The van der Waals surface area contributed by atoms with Gasteiger partial charge in [0.25, 0.3) is 0 Å². The van der Waals surface area contributed by atoms with Crippen molar-refractivity contribution in [3.05, 3.63) is 35.9 Å². The molecule has 0 aliphatic heterocycles. The fourth-order valence-electron chi connectivity index (χ4n) is 3.06. The number of amides is 1. The van der Waals surface area contributed by atoms with E-state index in [1.165, 1.54) is 18.4 Å². The SMILES string of the molecule is O=C(NC1CCC(Br)CC1)C1CC1c1ccccc1. The van der Waals surface area contributed by atoms with Gasteiger partial charge in [-0.05, 0) is 43.6 Å². The number of benzene rings is 1. The Kier molecular flexibility index (Phi) is 3.92. The molecule has 3 rings (SSSR count). The van der Waals surface area contributed by atoms with Crippen molar-refractivity contribution in [3.63, 3.8) is 0 Å². The van der Waals surface area contributed by atoms with Crippen LogP contribution in [0.15, 0.2) is 30.3 Å². The first-order valence-corrected chi connectivity index (χ1v) is 8.15. The molecule has 1 aromatic carbocycles. The average molecular weight is 322 g/mol. The largest absolute Gasteiger partial charge is 0.353 e. The smallest absolute Gasteiger partial charge is 0.223 e. The van der Waals surface area contributed by atoms with Crippen LogP contribution in [0.1, 0.15) is 43.6 Å². The summed E-state index contributed by atoms with van der Waals surface area (Å²) in [4.78, 5) is 12.9. The van der Waals surface area contributed by atoms with Crippen LogP contribution in [0.4, 0.5) is 0 Å². The molecule has 2 fully saturated rings. The standard InChI is InChI=1S/C16H20BrNO/c17-12-6-8-13(9-7-12)18-16(19)15-10-14(15)11-4-2-1-3-5-11/h1-5,12-15H,6-10H2,(H,18,19). The van der Waals surface area contributed by atoms with Crippen molar-refractivity contribution in [2.24, 2.45) is 5.92 Å². The molecule has 2 unspecified atom stereocenters. The minimum Gasteiger partial charge on any atom is -0.353 e. The maximum atomic E-state index is 12.2. The summed E-state index contributed by atoms with van der Waals surface area (Å²) in [5, 5.41) is 3.24. The highest BCUT2D eigenvalue weighted by atomic mass is 79.9. The molecule has 19 heavy (non-hydrogen) atoms. The lowest BCUT2D eigenvalue weighted by Gasteiger charge is -2.26. The van der Waals surface area contributed by atoms with Gasteiger partial charge in [-0.2, -0.15) is 0 Å². The number of nitrogens with one attached hydrogen (secondary N) is 1. The number of carbonyl (C=O) groups excluding carboxylic acids is 1. The first-order valence-electron chi connectivity index (χ1n) is 7.23. The van der Waals surface area contributed by atoms with Crippen LogP contribution in [0.5, 0.6) is 0 Å². The number of rotatable bonds is 3. The summed E-state index contributed by atoms with van der Waals surface area (Å²) in [5.41, 5.74) is 1.31. The fourth-order valence-corrected chi connectivity index (χ4v) is 3.59. The highest BCUT2D eigenvalue weighted by Crippen LogP contribution is 2.47. The van der Waals surface area contributed by atoms with Crippen molar-refractivity contribution < 1.29 is 4.79 Å². The van der Waals surface area contributed by atoms with E-state index in [9.17, 15) is 4.79 Å². The monoisotopic (exact) mass is 321 g/mol. The molecule has 2 atom stereocenters. The van der Waals surface area contributed by atoms with Crippen LogP contribution in [0.3, 0.4) is 0 Å². The molecule has 2 saturated carbocycles. The van der Waals surface area contributed by atoms with Crippen molar-refractivity contribution in [2.75, 3.05) is 0 Å². The van der Waals surface area contributed by atoms with Gasteiger partial charge in [0.2, 0.25) is 5.91 Å². The summed E-state index contributed by atoms with van der Waals surface area (Å²) < 4.78 is 0. The topological polar surface area (TPSA) is 29.1 Å². The molecular weight excluding hydrogens is 302 g/mol. The van der Waals surface area contributed by atoms with Crippen molar-refractivity contribution in [2.45, 2.75) is 48.9 Å². The third-order valence-corrected chi connectivity index (χ3v) is 5.27. The number of carbonyl (C=O) groups is 1. The molecule has 1 aromatic rings. The van der Waals surface area contributed by atoms with Crippen LogP contribution < -0.4 is 5.32 Å². The van der Waals surface area contributed by atoms with Gasteiger partial charge in [0.05, 0.1) is 0 Å². The van der Waals surface area contributed by atoms with Gasteiger partial charge in [0.1, 0.15) is 0 Å². The predicted octanol–water partition coefficient (Wildman–Crippen LogP) is 3.61. The van der Waals surface area contributed by atoms with Gasteiger partial charge in [-0.3, -0.25) is 4.79 Å². The number of hydrogen-bond donors (Lipinski definition) is 1. The Balaban J connectivity index is 1.50. The van der Waals surface area contributed by atoms with Gasteiger partial charge >= 0.3 is 0 Å². The molecule has 102 valence electrons. The van der Waals surface area contributed by atoms with Crippen LogP contribution in [-0.2, 0) is 4.79 Å². The fraction of sp³-hybridized carbons (Fsp3) is 0.562. The maximum Gasteiger partial charge on any atom is 0.223 e. The number of alkyl halides is 1. The molecule has 2 nitrogen and oxygen atoms in total. The molecular formula is C16H20BrNO. The maximum absolute atomic E-state index is 12.2. The molecule has 0 radical (unpaired) electrons. The second-order valence-corrected chi connectivity index (χ2v) is 7.11. The third-order valence-electron chi connectivity index (χ3n) is 4.36. The number of hydrogen-bond acceptors (Lipinski definition) is 1. The minimum absolute atomic E-state index is 0.212. The van der Waals surface area contributed by atoms with Crippen molar-refractivity contribution in [1.29, 1.82) is 0 Å². The summed E-state index contributed by atoms with van der Waals surface area (Å²) in [5.74, 6) is 0.935. The molecule has 0 heterocycles. The van der Waals surface area contributed by atoms with Crippen LogP contribution in [0, 0.1) is 5.92 Å². The van der Waals surface area contributed by atoms with Gasteiger partial charge < -0.3 is 5.32 Å². The lowest BCUT2D eigenvalue weighted by atomic mass is 9.95. The predicted molar refractivity (Wildman–Crippen MR) is 80.4 cm³/mol. The van der Waals surface area contributed by atoms with Crippen LogP contribution in [0.2, 0.25) is 0 Å². The normalized spacial score (nSPS) is 33.7. The van der Waals surface area contributed by atoms with E-state index in [1.807, 2.05) is 6.07 Å². The van der Waals surface area contributed by atoms with E-state index >= 15 is 0 Å². The zero-order valence-corrected chi connectivity index (χ0v) is 12.6. The Morgan fingerprint density at radius 1 is 1.11 bits per heavy atom. The zero-order chi connectivity index (χ0) is 13.2. The Labute approximate surface area is 123 Å². The summed E-state index contributed by atoms with van der Waals surface area (Å²) >= 11 is 3.65. The van der Waals surface area contributed by atoms with Crippen molar-refractivity contribution >= 4 is 21.8 Å². The zero-order valence-electron chi connectivity index (χ0n) is 11.0. The molecule has 2 aliphatic rings. The van der Waals surface area contributed by atoms with E-state index in [2.05, 4.69) is 45.5 Å². The van der Waals surface area contributed by atoms with E-state index in [-0.39, 0.29) is 11.8 Å². The van der Waals surface area contributed by atoms with Crippen molar-refractivity contribution in [3.8, 4) is 0 Å². The van der Waals surface area contributed by atoms with E-state index in [0.717, 1.165) is 19.3 Å². The van der Waals surface area contributed by atoms with Crippen LogP contribution >= 0.6 is 15.9 Å². The number of halogens is 1. The quantitative estimate of drug-likeness (QED) is 0.846. The molecule has 0 bridgehead atoms. The summed E-state index contributed by atoms with van der Waals surface area (Å²) in [6.07, 6.45) is 5.61. The second kappa shape index (κ2) is 5.66. The Hall–Kier alpha value is -0.830. The van der Waals surface area contributed by atoms with Gasteiger partial charge in [-0.15, -0.1) is 0 Å². The minimum atomic E-state index is 0.212. The highest BCUT2D eigenvalue weighted by molar-refractivity contribution is 9.09. The van der Waals surface area contributed by atoms with Gasteiger partial charge in [0, 0.05) is 16.8 Å². The lowest BCUT2D eigenvalue weighted by Crippen LogP contribution is -2.38. The molecule has 1 amide bonds. The van der Waals surface area contributed by atoms with Gasteiger partial charge in [-0.1, -0.05) is 46.3 Å². The molecule has 0 saturated heterocycles. The second-order valence-electron chi connectivity index (χ2n) is 5.82. The average Bonchev–Trinajstić information content (AvgIpc) is 3.23. The Morgan fingerprint density at radius 2 is 1.79 bits per heavy atom. The van der Waals surface area contributed by atoms with Crippen molar-refractivity contribution in [1.82, 2.24) is 5.32 Å². The first-order chi connectivity index (χ1) is 9.24. The highest BCUT2D eigenvalue weighted by Gasteiger charge is 2.44. The summed E-state index contributed by atoms with van der Waals surface area (Å²) in [6.45, 7) is 0. The Bertz CT molecular complexity index is 439. The van der Waals surface area contributed by atoms with E-state index in [1.54, 1.807) is 0 Å². The van der Waals surface area contributed by atoms with E-state index in [4.69, 9.17) is 0 Å². The molecule has 0 spiro atoms. The lowest BCUT2D eigenvalue weighted by molar-refractivity contribution is -0.123.